The highest BCUT2D eigenvalue weighted by Crippen LogP contribution is 2.40. The molecular formula is C24H26N4O. The molecule has 0 aliphatic carbocycles. The van der Waals surface area contributed by atoms with Crippen LogP contribution in [0.2, 0.25) is 0 Å². The smallest absolute Gasteiger partial charge is 0.119 e. The van der Waals surface area contributed by atoms with Crippen LogP contribution in [0.1, 0.15) is 34.1 Å². The van der Waals surface area contributed by atoms with Crippen molar-refractivity contribution in [2.24, 2.45) is 7.05 Å². The molecule has 0 saturated carbocycles. The van der Waals surface area contributed by atoms with Gasteiger partial charge in [0.2, 0.25) is 0 Å². The first kappa shape index (κ1) is 18.0. The lowest BCUT2D eigenvalue weighted by atomic mass is 9.92. The summed E-state index contributed by atoms with van der Waals surface area (Å²) in [6.07, 6.45) is 3.04. The van der Waals surface area contributed by atoms with Gasteiger partial charge in [-0.3, -0.25) is 9.58 Å². The minimum Gasteiger partial charge on any atom is -0.497 e. The number of fused-ring (bicyclic) bond motifs is 3. The third kappa shape index (κ3) is 3.02. The molecule has 148 valence electrons. The van der Waals surface area contributed by atoms with Gasteiger partial charge in [0, 0.05) is 48.0 Å². The van der Waals surface area contributed by atoms with Crippen LogP contribution in [0.25, 0.3) is 10.9 Å². The van der Waals surface area contributed by atoms with E-state index in [1.54, 1.807) is 7.11 Å². The van der Waals surface area contributed by atoms with E-state index in [9.17, 15) is 0 Å². The van der Waals surface area contributed by atoms with Crippen LogP contribution in [0.3, 0.4) is 0 Å². The molecule has 0 fully saturated rings. The predicted molar refractivity (Wildman–Crippen MR) is 115 cm³/mol. The van der Waals surface area contributed by atoms with E-state index in [-0.39, 0.29) is 6.04 Å². The SMILES string of the molecule is COc1cccc(C2c3[nH]c4ccccc4c3CCN2Cc2cnn(C)c2C)c1. The molecule has 5 rings (SSSR count). The molecule has 0 radical (unpaired) electrons. The van der Waals surface area contributed by atoms with Crippen LogP contribution in [0, 0.1) is 6.92 Å². The van der Waals surface area contributed by atoms with Crippen LogP contribution >= 0.6 is 0 Å². The maximum Gasteiger partial charge on any atom is 0.119 e. The first-order valence-corrected chi connectivity index (χ1v) is 10.1. The van der Waals surface area contributed by atoms with E-state index >= 15 is 0 Å². The zero-order chi connectivity index (χ0) is 20.0. The number of aromatic nitrogens is 3. The van der Waals surface area contributed by atoms with Crippen molar-refractivity contribution >= 4 is 10.9 Å². The maximum atomic E-state index is 5.53. The number of ether oxygens (including phenoxy) is 1. The summed E-state index contributed by atoms with van der Waals surface area (Å²) in [5.74, 6) is 0.892. The van der Waals surface area contributed by atoms with Crippen molar-refractivity contribution in [1.82, 2.24) is 19.7 Å². The Morgan fingerprint density at radius 2 is 2.03 bits per heavy atom. The second kappa shape index (κ2) is 7.08. The van der Waals surface area contributed by atoms with E-state index < -0.39 is 0 Å². The van der Waals surface area contributed by atoms with Crippen molar-refractivity contribution < 1.29 is 4.74 Å². The fourth-order valence-electron chi connectivity index (χ4n) is 4.57. The molecule has 2 aromatic carbocycles. The number of aryl methyl sites for hydroxylation is 1. The van der Waals surface area contributed by atoms with Crippen molar-refractivity contribution in [2.45, 2.75) is 25.9 Å². The Morgan fingerprint density at radius 3 is 2.83 bits per heavy atom. The molecule has 0 saturated heterocycles. The third-order valence-corrected chi connectivity index (χ3v) is 6.25. The normalized spacial score (nSPS) is 16.9. The zero-order valence-corrected chi connectivity index (χ0v) is 17.1. The first-order chi connectivity index (χ1) is 14.2. The fraction of sp³-hybridized carbons (Fsp3) is 0.292. The molecule has 29 heavy (non-hydrogen) atoms. The van der Waals surface area contributed by atoms with Crippen LogP contribution in [0.4, 0.5) is 0 Å². The Kier molecular flexibility index (Phi) is 4.40. The summed E-state index contributed by atoms with van der Waals surface area (Å²) >= 11 is 0. The molecule has 1 unspecified atom stereocenters. The second-order valence-corrected chi connectivity index (χ2v) is 7.84. The van der Waals surface area contributed by atoms with Gasteiger partial charge >= 0.3 is 0 Å². The van der Waals surface area contributed by atoms with Gasteiger partial charge in [0.15, 0.2) is 0 Å². The molecule has 0 spiro atoms. The minimum atomic E-state index is 0.154. The van der Waals surface area contributed by atoms with Gasteiger partial charge in [0.25, 0.3) is 0 Å². The van der Waals surface area contributed by atoms with Gasteiger partial charge in [0.1, 0.15) is 5.75 Å². The monoisotopic (exact) mass is 386 g/mol. The van der Waals surface area contributed by atoms with E-state index in [1.165, 1.54) is 39.0 Å². The van der Waals surface area contributed by atoms with Gasteiger partial charge < -0.3 is 9.72 Å². The second-order valence-electron chi connectivity index (χ2n) is 7.84. The van der Waals surface area contributed by atoms with Crippen LogP contribution < -0.4 is 4.74 Å². The molecule has 1 aliphatic rings. The van der Waals surface area contributed by atoms with Gasteiger partial charge in [-0.2, -0.15) is 5.10 Å². The van der Waals surface area contributed by atoms with Crippen molar-refractivity contribution in [3.63, 3.8) is 0 Å². The first-order valence-electron chi connectivity index (χ1n) is 10.1. The van der Waals surface area contributed by atoms with Crippen LogP contribution in [0.5, 0.6) is 5.75 Å². The van der Waals surface area contributed by atoms with Crippen molar-refractivity contribution in [1.29, 1.82) is 0 Å². The van der Waals surface area contributed by atoms with Gasteiger partial charge in [-0.15, -0.1) is 0 Å². The topological polar surface area (TPSA) is 46.1 Å². The lowest BCUT2D eigenvalue weighted by Gasteiger charge is -2.36. The Labute approximate surface area is 170 Å². The number of H-pyrrole nitrogens is 1. The Hall–Kier alpha value is -3.05. The molecule has 0 amide bonds. The lowest BCUT2D eigenvalue weighted by molar-refractivity contribution is 0.201. The van der Waals surface area contributed by atoms with Crippen molar-refractivity contribution in [3.05, 3.63) is 82.8 Å². The molecular weight excluding hydrogens is 360 g/mol. The number of rotatable bonds is 4. The summed E-state index contributed by atoms with van der Waals surface area (Å²) in [5, 5.41) is 5.79. The van der Waals surface area contributed by atoms with Crippen LogP contribution in [0.15, 0.2) is 54.7 Å². The number of methoxy groups -OCH3 is 1. The summed E-state index contributed by atoms with van der Waals surface area (Å²) in [4.78, 5) is 6.29. The molecule has 5 heteroatoms. The number of aromatic amines is 1. The maximum absolute atomic E-state index is 5.53. The average Bonchev–Trinajstić information content (AvgIpc) is 3.28. The molecule has 1 aliphatic heterocycles. The quantitative estimate of drug-likeness (QED) is 0.567. The highest BCUT2D eigenvalue weighted by atomic mass is 16.5. The number of hydrogen-bond acceptors (Lipinski definition) is 3. The van der Waals surface area contributed by atoms with Gasteiger partial charge in [-0.05, 0) is 42.7 Å². The van der Waals surface area contributed by atoms with Crippen molar-refractivity contribution in [3.8, 4) is 5.75 Å². The highest BCUT2D eigenvalue weighted by Gasteiger charge is 2.32. The number of nitrogens with zero attached hydrogens (tertiary/aromatic N) is 3. The number of benzene rings is 2. The standard InChI is InChI=1S/C24H26N4O/c1-16-18(14-25-27(16)2)15-28-12-11-21-20-9-4-5-10-22(20)26-23(21)24(28)17-7-6-8-19(13-17)29-3/h4-10,13-14,24,26H,11-12,15H2,1-3H3. The Balaban J connectivity index is 1.63. The number of nitrogens with one attached hydrogen (secondary N) is 1. The van der Waals surface area contributed by atoms with E-state index in [1.807, 2.05) is 24.0 Å². The molecule has 3 heterocycles. The average molecular weight is 386 g/mol. The highest BCUT2D eigenvalue weighted by molar-refractivity contribution is 5.85. The fourth-order valence-corrected chi connectivity index (χ4v) is 4.57. The van der Waals surface area contributed by atoms with E-state index in [0.717, 1.165) is 25.3 Å². The van der Waals surface area contributed by atoms with Crippen LogP contribution in [-0.4, -0.2) is 33.3 Å². The predicted octanol–water partition coefficient (Wildman–Crippen LogP) is 4.37. The summed E-state index contributed by atoms with van der Waals surface area (Å²) in [6.45, 7) is 4.02. The van der Waals surface area contributed by atoms with Crippen LogP contribution in [-0.2, 0) is 20.0 Å². The Morgan fingerprint density at radius 1 is 1.17 bits per heavy atom. The largest absolute Gasteiger partial charge is 0.497 e. The van der Waals surface area contributed by atoms with E-state index in [0.29, 0.717) is 0 Å². The minimum absolute atomic E-state index is 0.154. The van der Waals surface area contributed by atoms with Gasteiger partial charge in [-0.25, -0.2) is 0 Å². The summed E-state index contributed by atoms with van der Waals surface area (Å²) in [6, 6.07) is 17.2. The molecule has 1 atom stereocenters. The van der Waals surface area contributed by atoms with E-state index in [4.69, 9.17) is 4.74 Å². The Bertz CT molecular complexity index is 1170. The molecule has 2 aromatic heterocycles. The lowest BCUT2D eigenvalue weighted by Crippen LogP contribution is -2.35. The summed E-state index contributed by atoms with van der Waals surface area (Å²) in [5.41, 5.74) is 7.69. The third-order valence-electron chi connectivity index (χ3n) is 6.25. The van der Waals surface area contributed by atoms with Gasteiger partial charge in [0.05, 0.1) is 19.3 Å². The summed E-state index contributed by atoms with van der Waals surface area (Å²) < 4.78 is 7.48. The summed E-state index contributed by atoms with van der Waals surface area (Å²) in [7, 11) is 3.73. The molecule has 4 aromatic rings. The number of para-hydroxylation sites is 1. The van der Waals surface area contributed by atoms with Crippen molar-refractivity contribution in [2.75, 3.05) is 13.7 Å². The zero-order valence-electron chi connectivity index (χ0n) is 17.1. The molecule has 0 bridgehead atoms. The molecule has 1 N–H and O–H groups in total. The molecule has 5 nitrogen and oxygen atoms in total. The number of hydrogen-bond donors (Lipinski definition) is 1. The van der Waals surface area contributed by atoms with Gasteiger partial charge in [-0.1, -0.05) is 30.3 Å². The van der Waals surface area contributed by atoms with E-state index in [2.05, 4.69) is 64.4 Å².